The van der Waals surface area contributed by atoms with Crippen molar-refractivity contribution in [2.45, 2.75) is 69.1 Å². The van der Waals surface area contributed by atoms with Crippen molar-refractivity contribution < 1.29 is 27.9 Å². The Balaban J connectivity index is 1.19. The highest BCUT2D eigenvalue weighted by atomic mass is 19.1. The van der Waals surface area contributed by atoms with E-state index in [1.165, 1.54) is 24.3 Å². The van der Waals surface area contributed by atoms with Crippen molar-refractivity contribution in [3.8, 4) is 0 Å². The number of anilines is 1. The van der Waals surface area contributed by atoms with Crippen molar-refractivity contribution in [2.75, 3.05) is 4.90 Å². The fraction of sp³-hybridized carbons (Fsp3) is 0.344. The lowest BCUT2D eigenvalue weighted by molar-refractivity contribution is -0.137. The number of amidine groups is 1. The number of hydroxylamine groups is 1. The molecule has 1 aromatic heterocycles. The van der Waals surface area contributed by atoms with Crippen LogP contribution in [0.3, 0.4) is 0 Å². The number of halogens is 2. The number of unbranched alkanes of at least 4 members (excludes halogenated alkanes) is 1. The standard InChI is InChI=1S/C32H30F2N4O4/c1-31(30-36-25-17-21(34)9-13-27(25)41-30)18-26(37-42-31)19-6-12-23-24(16-19)35-28(4-2-3-5-29(39)40)38(32(23)14-15-32)22-10-7-20(33)8-11-22/h6-13,16-17,26,37H,2-5,14-15,18H2,1H3,(H,39,40). The lowest BCUT2D eigenvalue weighted by Crippen LogP contribution is -2.43. The number of nitrogens with one attached hydrogen (secondary N) is 1. The molecule has 2 N–H and O–H groups in total. The first-order valence-electron chi connectivity index (χ1n) is 14.2. The summed E-state index contributed by atoms with van der Waals surface area (Å²) in [5.74, 6) is -0.252. The fourth-order valence-electron chi connectivity index (χ4n) is 6.25. The molecule has 2 fully saturated rings. The Labute approximate surface area is 241 Å². The van der Waals surface area contributed by atoms with Crippen molar-refractivity contribution in [1.82, 2.24) is 10.5 Å². The van der Waals surface area contributed by atoms with E-state index in [0.29, 0.717) is 42.7 Å². The van der Waals surface area contributed by atoms with Gasteiger partial charge >= 0.3 is 5.97 Å². The van der Waals surface area contributed by atoms with Crippen molar-refractivity contribution in [1.29, 1.82) is 0 Å². The summed E-state index contributed by atoms with van der Waals surface area (Å²) in [7, 11) is 0. The zero-order valence-electron chi connectivity index (χ0n) is 23.1. The normalized spacial score (nSPS) is 22.4. The van der Waals surface area contributed by atoms with Gasteiger partial charge in [-0.15, -0.1) is 0 Å². The van der Waals surface area contributed by atoms with E-state index >= 15 is 0 Å². The molecule has 4 aromatic rings. The minimum Gasteiger partial charge on any atom is -0.481 e. The van der Waals surface area contributed by atoms with Crippen molar-refractivity contribution in [3.63, 3.8) is 0 Å². The first kappa shape index (κ1) is 26.7. The molecular formula is C32H30F2N4O4. The molecule has 42 heavy (non-hydrogen) atoms. The number of rotatable bonds is 8. The monoisotopic (exact) mass is 572 g/mol. The van der Waals surface area contributed by atoms with Crippen LogP contribution in [-0.2, 0) is 20.8 Å². The van der Waals surface area contributed by atoms with E-state index in [2.05, 4.69) is 33.6 Å². The summed E-state index contributed by atoms with van der Waals surface area (Å²) in [6.07, 6.45) is 4.36. The minimum atomic E-state index is -0.855. The number of hydrogen-bond donors (Lipinski definition) is 2. The van der Waals surface area contributed by atoms with Gasteiger partial charge in [-0.25, -0.2) is 18.8 Å². The zero-order chi connectivity index (χ0) is 29.1. The molecule has 7 rings (SSSR count). The highest BCUT2D eigenvalue weighted by Gasteiger charge is 2.54. The number of nitrogens with zero attached hydrogens (tertiary/aromatic N) is 3. The zero-order valence-corrected chi connectivity index (χ0v) is 23.1. The largest absolute Gasteiger partial charge is 0.481 e. The number of carbonyl (C=O) groups is 1. The van der Waals surface area contributed by atoms with E-state index in [4.69, 9.17) is 19.4 Å². The number of aliphatic carboxylic acids is 1. The van der Waals surface area contributed by atoms with Crippen LogP contribution < -0.4 is 10.4 Å². The predicted molar refractivity (Wildman–Crippen MR) is 152 cm³/mol. The molecule has 3 aromatic carbocycles. The number of carboxylic acid groups (broad SMARTS) is 1. The lowest BCUT2D eigenvalue weighted by Gasteiger charge is -2.39. The van der Waals surface area contributed by atoms with Crippen LogP contribution in [0.5, 0.6) is 0 Å². The first-order valence-corrected chi connectivity index (χ1v) is 14.2. The molecule has 10 heteroatoms. The third kappa shape index (κ3) is 4.64. The Hall–Kier alpha value is -4.15. The maximum absolute atomic E-state index is 13.8. The average molecular weight is 573 g/mol. The number of hydrogen-bond acceptors (Lipinski definition) is 7. The van der Waals surface area contributed by atoms with Gasteiger partial charge in [0.15, 0.2) is 11.2 Å². The predicted octanol–water partition coefficient (Wildman–Crippen LogP) is 7.17. The molecule has 2 aliphatic heterocycles. The van der Waals surface area contributed by atoms with Crippen molar-refractivity contribution in [3.05, 3.63) is 89.3 Å². The second-order valence-corrected chi connectivity index (χ2v) is 11.6. The summed E-state index contributed by atoms with van der Waals surface area (Å²) in [6, 6.07) is 16.9. The summed E-state index contributed by atoms with van der Waals surface area (Å²) >= 11 is 0. The van der Waals surface area contributed by atoms with Crippen LogP contribution in [0.2, 0.25) is 0 Å². The van der Waals surface area contributed by atoms with Gasteiger partial charge in [-0.1, -0.05) is 12.1 Å². The summed E-state index contributed by atoms with van der Waals surface area (Å²) in [5.41, 5.74) is 6.83. The van der Waals surface area contributed by atoms with E-state index in [-0.39, 0.29) is 29.6 Å². The Bertz CT molecular complexity index is 1720. The van der Waals surface area contributed by atoms with Crippen LogP contribution in [0.15, 0.2) is 70.1 Å². The minimum absolute atomic E-state index is 0.108. The fourth-order valence-corrected chi connectivity index (χ4v) is 6.25. The topological polar surface area (TPSA) is 100 Å². The Morgan fingerprint density at radius 1 is 1.07 bits per heavy atom. The Morgan fingerprint density at radius 3 is 2.62 bits per heavy atom. The third-order valence-corrected chi connectivity index (χ3v) is 8.53. The average Bonchev–Trinajstić information content (AvgIpc) is 3.43. The second-order valence-electron chi connectivity index (χ2n) is 11.6. The quantitative estimate of drug-likeness (QED) is 0.216. The molecule has 2 unspecified atom stereocenters. The van der Waals surface area contributed by atoms with Crippen LogP contribution >= 0.6 is 0 Å². The van der Waals surface area contributed by atoms with Crippen LogP contribution in [0.4, 0.5) is 20.2 Å². The highest BCUT2D eigenvalue weighted by Crippen LogP contribution is 2.58. The van der Waals surface area contributed by atoms with Gasteiger partial charge in [-0.2, -0.15) is 5.48 Å². The molecule has 8 nitrogen and oxygen atoms in total. The SMILES string of the molecule is CC1(c2nc3cc(F)ccc3o2)CC(c2ccc3c(c2)N=C(CCCCC(=O)O)N(c2ccc(F)cc2)C32CC2)NO1. The lowest BCUT2D eigenvalue weighted by atomic mass is 9.90. The molecule has 0 amide bonds. The maximum Gasteiger partial charge on any atom is 0.303 e. The molecule has 0 radical (unpaired) electrons. The molecule has 1 saturated carbocycles. The molecule has 0 bridgehead atoms. The first-order chi connectivity index (χ1) is 20.2. The van der Waals surface area contributed by atoms with Crippen LogP contribution in [0.25, 0.3) is 11.1 Å². The van der Waals surface area contributed by atoms with Gasteiger partial charge in [-0.05, 0) is 80.6 Å². The molecule has 1 aliphatic carbocycles. The molecule has 3 heterocycles. The number of carboxylic acids is 1. The Kier molecular flexibility index (Phi) is 6.36. The number of aliphatic imine (C=N–C) groups is 1. The summed E-state index contributed by atoms with van der Waals surface area (Å²) in [6.45, 7) is 1.90. The van der Waals surface area contributed by atoms with Gasteiger partial charge in [-0.3, -0.25) is 9.63 Å². The summed E-state index contributed by atoms with van der Waals surface area (Å²) in [4.78, 5) is 28.9. The summed E-state index contributed by atoms with van der Waals surface area (Å²) < 4.78 is 33.4. The van der Waals surface area contributed by atoms with E-state index < -0.39 is 11.6 Å². The molecule has 1 saturated heterocycles. The van der Waals surface area contributed by atoms with E-state index in [0.717, 1.165) is 41.2 Å². The van der Waals surface area contributed by atoms with Gasteiger partial charge in [0.2, 0.25) is 5.89 Å². The van der Waals surface area contributed by atoms with E-state index in [1.807, 2.05) is 6.92 Å². The molecule has 2 atom stereocenters. The highest BCUT2D eigenvalue weighted by molar-refractivity contribution is 6.03. The summed E-state index contributed by atoms with van der Waals surface area (Å²) in [5, 5.41) is 9.10. The number of oxazole rings is 1. The molecule has 3 aliphatic rings. The Morgan fingerprint density at radius 2 is 1.86 bits per heavy atom. The number of aromatic nitrogens is 1. The van der Waals surface area contributed by atoms with Crippen molar-refractivity contribution >= 4 is 34.3 Å². The molecule has 1 spiro atoms. The third-order valence-electron chi connectivity index (χ3n) is 8.53. The number of fused-ring (bicyclic) bond motifs is 3. The van der Waals surface area contributed by atoms with Crippen molar-refractivity contribution in [2.24, 2.45) is 4.99 Å². The van der Waals surface area contributed by atoms with Gasteiger partial charge < -0.3 is 14.4 Å². The second kappa shape index (κ2) is 9.99. The van der Waals surface area contributed by atoms with Gasteiger partial charge in [0.1, 0.15) is 23.0 Å². The van der Waals surface area contributed by atoms with Gasteiger partial charge in [0, 0.05) is 36.6 Å². The maximum atomic E-state index is 13.8. The van der Waals surface area contributed by atoms with Crippen LogP contribution in [-0.4, -0.2) is 21.9 Å². The van der Waals surface area contributed by atoms with E-state index in [1.54, 1.807) is 18.2 Å². The van der Waals surface area contributed by atoms with Crippen LogP contribution in [0.1, 0.15) is 74.9 Å². The molecule has 216 valence electrons. The van der Waals surface area contributed by atoms with Gasteiger partial charge in [0.05, 0.1) is 17.3 Å². The molecular weight excluding hydrogens is 542 g/mol. The smallest absolute Gasteiger partial charge is 0.303 e. The van der Waals surface area contributed by atoms with Gasteiger partial charge in [0.25, 0.3) is 0 Å². The van der Waals surface area contributed by atoms with Crippen LogP contribution in [0, 0.1) is 11.6 Å². The number of benzene rings is 3. The van der Waals surface area contributed by atoms with E-state index in [9.17, 15) is 13.6 Å².